The van der Waals surface area contributed by atoms with Crippen molar-refractivity contribution in [1.82, 2.24) is 4.98 Å². The normalized spacial score (nSPS) is 19.7. The minimum Gasteiger partial charge on any atom is -0.303 e. The van der Waals surface area contributed by atoms with Crippen LogP contribution < -0.4 is 0 Å². The van der Waals surface area contributed by atoms with Crippen molar-refractivity contribution in [1.29, 1.82) is 0 Å². The zero-order chi connectivity index (χ0) is 10.6. The Balaban J connectivity index is 2.29. The summed E-state index contributed by atoms with van der Waals surface area (Å²) in [6.45, 7) is 0. The first-order valence-electron chi connectivity index (χ1n) is 5.73. The Labute approximate surface area is 90.7 Å². The Bertz CT molecular complexity index is 315. The average Bonchev–Trinajstić information content (AvgIpc) is 2.32. The summed E-state index contributed by atoms with van der Waals surface area (Å²) < 4.78 is 0. The van der Waals surface area contributed by atoms with Crippen LogP contribution >= 0.6 is 0 Å². The van der Waals surface area contributed by atoms with Crippen LogP contribution in [0.15, 0.2) is 24.4 Å². The highest BCUT2D eigenvalue weighted by Crippen LogP contribution is 2.40. The lowest BCUT2D eigenvalue weighted by Gasteiger charge is -2.35. The highest BCUT2D eigenvalue weighted by molar-refractivity contribution is 5.53. The van der Waals surface area contributed by atoms with Gasteiger partial charge in [0.2, 0.25) is 0 Å². The predicted molar refractivity (Wildman–Crippen MR) is 59.7 cm³/mol. The number of rotatable bonds is 3. The second-order valence-electron chi connectivity index (χ2n) is 4.43. The summed E-state index contributed by atoms with van der Waals surface area (Å²) in [6, 6.07) is 6.01. The van der Waals surface area contributed by atoms with Gasteiger partial charge in [-0.05, 0) is 25.0 Å². The summed E-state index contributed by atoms with van der Waals surface area (Å²) >= 11 is 0. The molecule has 0 atom stereocenters. The van der Waals surface area contributed by atoms with Gasteiger partial charge in [0.05, 0.1) is 0 Å². The third-order valence-electron chi connectivity index (χ3n) is 3.49. The maximum atomic E-state index is 10.8. The molecule has 2 nitrogen and oxygen atoms in total. The second-order valence-corrected chi connectivity index (χ2v) is 4.43. The van der Waals surface area contributed by atoms with Crippen molar-refractivity contribution in [2.75, 3.05) is 0 Å². The van der Waals surface area contributed by atoms with Crippen LogP contribution in [-0.2, 0) is 10.2 Å². The third-order valence-corrected chi connectivity index (χ3v) is 3.49. The molecule has 1 saturated carbocycles. The first kappa shape index (κ1) is 10.3. The van der Waals surface area contributed by atoms with Crippen molar-refractivity contribution in [3.63, 3.8) is 0 Å². The van der Waals surface area contributed by atoms with Crippen molar-refractivity contribution in [2.24, 2.45) is 0 Å². The molecule has 0 aromatic carbocycles. The predicted octanol–water partition coefficient (Wildman–Crippen LogP) is 2.87. The van der Waals surface area contributed by atoms with Crippen LogP contribution in [0.5, 0.6) is 0 Å². The van der Waals surface area contributed by atoms with Gasteiger partial charge in [0.1, 0.15) is 6.29 Å². The van der Waals surface area contributed by atoms with Gasteiger partial charge < -0.3 is 4.79 Å². The SMILES string of the molecule is O=CCC1(c2ccccn2)CCCCC1. The van der Waals surface area contributed by atoms with Crippen LogP contribution in [0.3, 0.4) is 0 Å². The molecule has 0 aliphatic heterocycles. The van der Waals surface area contributed by atoms with Crippen molar-refractivity contribution in [3.05, 3.63) is 30.1 Å². The third kappa shape index (κ3) is 2.09. The van der Waals surface area contributed by atoms with Crippen LogP contribution in [0, 0.1) is 0 Å². The van der Waals surface area contributed by atoms with E-state index < -0.39 is 0 Å². The molecular weight excluding hydrogens is 186 g/mol. The van der Waals surface area contributed by atoms with E-state index in [4.69, 9.17) is 0 Å². The number of aromatic nitrogens is 1. The van der Waals surface area contributed by atoms with Gasteiger partial charge in [-0.25, -0.2) is 0 Å². The molecule has 80 valence electrons. The molecule has 0 bridgehead atoms. The first-order valence-corrected chi connectivity index (χ1v) is 5.73. The van der Waals surface area contributed by atoms with Crippen molar-refractivity contribution >= 4 is 6.29 Å². The lowest BCUT2D eigenvalue weighted by atomic mass is 9.70. The van der Waals surface area contributed by atoms with E-state index >= 15 is 0 Å². The molecule has 2 heteroatoms. The summed E-state index contributed by atoms with van der Waals surface area (Å²) in [7, 11) is 0. The molecule has 1 aliphatic carbocycles. The van der Waals surface area contributed by atoms with Gasteiger partial charge in [-0.15, -0.1) is 0 Å². The number of hydrogen-bond donors (Lipinski definition) is 0. The molecule has 1 aliphatic rings. The summed E-state index contributed by atoms with van der Waals surface area (Å²) in [4.78, 5) is 15.3. The number of hydrogen-bond acceptors (Lipinski definition) is 2. The Kier molecular flexibility index (Phi) is 3.14. The zero-order valence-electron chi connectivity index (χ0n) is 8.98. The number of nitrogens with zero attached hydrogens (tertiary/aromatic N) is 1. The maximum absolute atomic E-state index is 10.8. The fourth-order valence-corrected chi connectivity index (χ4v) is 2.63. The minimum absolute atomic E-state index is 0.0429. The van der Waals surface area contributed by atoms with Crippen molar-refractivity contribution < 1.29 is 4.79 Å². The molecule has 1 aromatic heterocycles. The molecule has 0 amide bonds. The van der Waals surface area contributed by atoms with E-state index in [1.807, 2.05) is 18.3 Å². The minimum atomic E-state index is 0.0429. The van der Waals surface area contributed by atoms with E-state index in [0.29, 0.717) is 6.42 Å². The summed E-state index contributed by atoms with van der Waals surface area (Å²) in [6.07, 6.45) is 9.49. The lowest BCUT2D eigenvalue weighted by molar-refractivity contribution is -0.109. The van der Waals surface area contributed by atoms with E-state index in [2.05, 4.69) is 11.1 Å². The standard InChI is InChI=1S/C13H17NO/c15-11-9-13(7-3-1-4-8-13)12-6-2-5-10-14-12/h2,5-6,10-11H,1,3-4,7-9H2. The van der Waals surface area contributed by atoms with Crippen LogP contribution in [0.1, 0.15) is 44.2 Å². The molecule has 0 spiro atoms. The van der Waals surface area contributed by atoms with Crippen LogP contribution in [-0.4, -0.2) is 11.3 Å². The molecule has 1 fully saturated rings. The molecule has 15 heavy (non-hydrogen) atoms. The second kappa shape index (κ2) is 4.56. The largest absolute Gasteiger partial charge is 0.303 e. The monoisotopic (exact) mass is 203 g/mol. The Hall–Kier alpha value is -1.18. The molecule has 2 rings (SSSR count). The van der Waals surface area contributed by atoms with Gasteiger partial charge in [0.15, 0.2) is 0 Å². The van der Waals surface area contributed by atoms with Gasteiger partial charge in [0, 0.05) is 23.7 Å². The number of carbonyl (C=O) groups is 1. The van der Waals surface area contributed by atoms with Gasteiger partial charge in [-0.1, -0.05) is 25.3 Å². The molecule has 0 unspecified atom stereocenters. The van der Waals surface area contributed by atoms with Crippen LogP contribution in [0.4, 0.5) is 0 Å². The highest BCUT2D eigenvalue weighted by Gasteiger charge is 2.34. The van der Waals surface area contributed by atoms with E-state index in [9.17, 15) is 4.79 Å². The number of pyridine rings is 1. The molecular formula is C13H17NO. The Morgan fingerprint density at radius 3 is 2.67 bits per heavy atom. The number of aldehydes is 1. The molecule has 1 aromatic rings. The topological polar surface area (TPSA) is 30.0 Å². The lowest BCUT2D eigenvalue weighted by Crippen LogP contribution is -2.30. The molecule has 0 N–H and O–H groups in total. The van der Waals surface area contributed by atoms with Crippen LogP contribution in [0.2, 0.25) is 0 Å². The first-order chi connectivity index (χ1) is 7.37. The summed E-state index contributed by atoms with van der Waals surface area (Å²) in [5.74, 6) is 0. The maximum Gasteiger partial charge on any atom is 0.120 e. The number of carbonyl (C=O) groups excluding carboxylic acids is 1. The van der Waals surface area contributed by atoms with E-state index in [-0.39, 0.29) is 5.41 Å². The zero-order valence-corrected chi connectivity index (χ0v) is 8.98. The van der Waals surface area contributed by atoms with Crippen LogP contribution in [0.25, 0.3) is 0 Å². The Morgan fingerprint density at radius 1 is 1.27 bits per heavy atom. The summed E-state index contributed by atoms with van der Waals surface area (Å²) in [5.41, 5.74) is 1.15. The molecule has 1 heterocycles. The van der Waals surface area contributed by atoms with E-state index in [0.717, 1.165) is 24.8 Å². The average molecular weight is 203 g/mol. The van der Waals surface area contributed by atoms with E-state index in [1.54, 1.807) is 0 Å². The van der Waals surface area contributed by atoms with Crippen molar-refractivity contribution in [2.45, 2.75) is 43.9 Å². The Morgan fingerprint density at radius 2 is 2.07 bits per heavy atom. The molecule has 0 radical (unpaired) electrons. The molecule has 0 saturated heterocycles. The van der Waals surface area contributed by atoms with Gasteiger partial charge in [0.25, 0.3) is 0 Å². The quantitative estimate of drug-likeness (QED) is 0.707. The fourth-order valence-electron chi connectivity index (χ4n) is 2.63. The van der Waals surface area contributed by atoms with Gasteiger partial charge in [-0.3, -0.25) is 4.98 Å². The smallest absolute Gasteiger partial charge is 0.120 e. The fraction of sp³-hybridized carbons (Fsp3) is 0.538. The van der Waals surface area contributed by atoms with Crippen molar-refractivity contribution in [3.8, 4) is 0 Å². The highest BCUT2D eigenvalue weighted by atomic mass is 16.1. The van der Waals surface area contributed by atoms with Gasteiger partial charge in [-0.2, -0.15) is 0 Å². The van der Waals surface area contributed by atoms with E-state index in [1.165, 1.54) is 19.3 Å². The van der Waals surface area contributed by atoms with Gasteiger partial charge >= 0.3 is 0 Å². The summed E-state index contributed by atoms with van der Waals surface area (Å²) in [5, 5.41) is 0.